The van der Waals surface area contributed by atoms with Gasteiger partial charge in [-0.25, -0.2) is 0 Å². The fraction of sp³-hybridized carbons (Fsp3) is 0.750. The molecule has 0 unspecified atom stereocenters. The molecule has 0 aromatic heterocycles. The van der Waals surface area contributed by atoms with Gasteiger partial charge >= 0.3 is 0 Å². The molecule has 0 bridgehead atoms. The Balaban J connectivity index is 2.73. The van der Waals surface area contributed by atoms with Crippen molar-refractivity contribution in [3.63, 3.8) is 0 Å². The Kier molecular flexibility index (Phi) is 4.34. The third-order valence-electron chi connectivity index (χ3n) is 0.393. The van der Waals surface area contributed by atoms with Crippen LogP contribution < -0.4 is 0 Å². The molecule has 0 fully saturated rings. The first-order chi connectivity index (χ1) is 2.91. The van der Waals surface area contributed by atoms with Crippen LogP contribution in [-0.4, -0.2) is 24.5 Å². The highest BCUT2D eigenvalue weighted by atomic mass is 16.2. The SMILES string of the molecule is CC/N=C/CO. The molecule has 0 spiro atoms. The molecule has 0 aliphatic heterocycles. The molecule has 0 heterocycles. The summed E-state index contributed by atoms with van der Waals surface area (Å²) in [5.74, 6) is 0. The molecule has 0 aromatic rings. The highest BCUT2D eigenvalue weighted by Gasteiger charge is 1.60. The molecule has 0 saturated heterocycles. The van der Waals surface area contributed by atoms with Gasteiger partial charge in [0.25, 0.3) is 0 Å². The number of nitrogens with zero attached hydrogens (tertiary/aromatic N) is 1. The Morgan fingerprint density at radius 3 is 2.67 bits per heavy atom. The molecule has 0 aliphatic carbocycles. The van der Waals surface area contributed by atoms with Crippen LogP contribution in [-0.2, 0) is 0 Å². The van der Waals surface area contributed by atoms with Crippen LogP contribution in [0.2, 0.25) is 0 Å². The summed E-state index contributed by atoms with van der Waals surface area (Å²) in [6.07, 6.45) is 1.49. The van der Waals surface area contributed by atoms with Crippen molar-refractivity contribution in [3.05, 3.63) is 0 Å². The molecule has 0 aliphatic rings. The van der Waals surface area contributed by atoms with Crippen molar-refractivity contribution in [2.45, 2.75) is 6.92 Å². The van der Waals surface area contributed by atoms with Crippen molar-refractivity contribution in [1.82, 2.24) is 0 Å². The smallest absolute Gasteiger partial charge is 0.0779 e. The van der Waals surface area contributed by atoms with Gasteiger partial charge in [-0.05, 0) is 6.92 Å². The quantitative estimate of drug-likeness (QED) is 0.475. The van der Waals surface area contributed by atoms with E-state index in [1.54, 1.807) is 0 Å². The molecule has 2 heteroatoms. The topological polar surface area (TPSA) is 32.6 Å². The fourth-order valence-electron chi connectivity index (χ4n) is 0.187. The van der Waals surface area contributed by atoms with Crippen LogP contribution in [0.4, 0.5) is 0 Å². The molecule has 0 radical (unpaired) electrons. The van der Waals surface area contributed by atoms with Gasteiger partial charge in [0.2, 0.25) is 0 Å². The normalized spacial score (nSPS) is 10.3. The van der Waals surface area contributed by atoms with Gasteiger partial charge < -0.3 is 5.11 Å². The molecule has 0 aromatic carbocycles. The van der Waals surface area contributed by atoms with E-state index < -0.39 is 0 Å². The number of hydrogen-bond acceptors (Lipinski definition) is 2. The second-order valence-electron chi connectivity index (χ2n) is 0.864. The minimum atomic E-state index is 0.0633. The van der Waals surface area contributed by atoms with E-state index in [0.29, 0.717) is 0 Å². The van der Waals surface area contributed by atoms with E-state index in [9.17, 15) is 0 Å². The first-order valence-electron chi connectivity index (χ1n) is 2.01. The number of rotatable bonds is 2. The number of aliphatic hydroxyl groups excluding tert-OH is 1. The van der Waals surface area contributed by atoms with Gasteiger partial charge in [0.15, 0.2) is 0 Å². The van der Waals surface area contributed by atoms with E-state index in [2.05, 4.69) is 4.99 Å². The third kappa shape index (κ3) is 3.63. The average molecular weight is 87.1 g/mol. The first-order valence-corrected chi connectivity index (χ1v) is 2.01. The monoisotopic (exact) mass is 87.1 g/mol. The van der Waals surface area contributed by atoms with Crippen molar-refractivity contribution in [2.75, 3.05) is 13.2 Å². The fourth-order valence-corrected chi connectivity index (χ4v) is 0.187. The van der Waals surface area contributed by atoms with Gasteiger partial charge in [-0.2, -0.15) is 0 Å². The predicted octanol–water partition coefficient (Wildman–Crippen LogP) is 0.0694. The maximum Gasteiger partial charge on any atom is 0.0779 e. The highest BCUT2D eigenvalue weighted by molar-refractivity contribution is 5.57. The lowest BCUT2D eigenvalue weighted by molar-refractivity contribution is 0.361. The highest BCUT2D eigenvalue weighted by Crippen LogP contribution is 1.58. The van der Waals surface area contributed by atoms with Crippen molar-refractivity contribution in [3.8, 4) is 0 Å². The van der Waals surface area contributed by atoms with E-state index in [-0.39, 0.29) is 6.61 Å². The molecule has 2 nitrogen and oxygen atoms in total. The maximum atomic E-state index is 8.05. The second-order valence-corrected chi connectivity index (χ2v) is 0.864. The molecule has 0 rings (SSSR count). The van der Waals surface area contributed by atoms with Gasteiger partial charge in [0, 0.05) is 12.8 Å². The summed E-state index contributed by atoms with van der Waals surface area (Å²) in [4.78, 5) is 3.72. The molecule has 0 atom stereocenters. The molecule has 36 valence electrons. The zero-order valence-electron chi connectivity index (χ0n) is 3.89. The van der Waals surface area contributed by atoms with E-state index in [1.165, 1.54) is 6.21 Å². The lowest BCUT2D eigenvalue weighted by Gasteiger charge is -1.74. The number of aliphatic imine (C=N–C) groups is 1. The van der Waals surface area contributed by atoms with Gasteiger partial charge in [-0.3, -0.25) is 4.99 Å². The average Bonchev–Trinajstić information content (AvgIpc) is 1.61. The molecule has 0 saturated carbocycles. The lowest BCUT2D eigenvalue weighted by Crippen LogP contribution is -1.80. The van der Waals surface area contributed by atoms with Crippen LogP contribution in [0.5, 0.6) is 0 Å². The van der Waals surface area contributed by atoms with Crippen molar-refractivity contribution >= 4 is 6.21 Å². The summed E-state index contributed by atoms with van der Waals surface area (Å²) in [5.41, 5.74) is 0. The summed E-state index contributed by atoms with van der Waals surface area (Å²) >= 11 is 0. The van der Waals surface area contributed by atoms with E-state index >= 15 is 0 Å². The van der Waals surface area contributed by atoms with Crippen LogP contribution >= 0.6 is 0 Å². The minimum Gasteiger partial charge on any atom is -0.391 e. The Morgan fingerprint density at radius 2 is 2.50 bits per heavy atom. The minimum absolute atomic E-state index is 0.0633. The molecule has 0 amide bonds. The summed E-state index contributed by atoms with van der Waals surface area (Å²) in [6, 6.07) is 0. The zero-order chi connectivity index (χ0) is 4.83. The number of hydrogen-bond donors (Lipinski definition) is 1. The zero-order valence-corrected chi connectivity index (χ0v) is 3.89. The van der Waals surface area contributed by atoms with E-state index in [4.69, 9.17) is 5.11 Å². The summed E-state index contributed by atoms with van der Waals surface area (Å²) in [7, 11) is 0. The van der Waals surface area contributed by atoms with Gasteiger partial charge in [-0.1, -0.05) is 0 Å². The van der Waals surface area contributed by atoms with Gasteiger partial charge in [-0.15, -0.1) is 0 Å². The lowest BCUT2D eigenvalue weighted by atomic mass is 10.7. The van der Waals surface area contributed by atoms with Gasteiger partial charge in [0.1, 0.15) is 0 Å². The molecule has 1 N–H and O–H groups in total. The third-order valence-corrected chi connectivity index (χ3v) is 0.393. The Bertz CT molecular complexity index is 36.8. The second kappa shape index (κ2) is 4.63. The molecular weight excluding hydrogens is 78.0 g/mol. The van der Waals surface area contributed by atoms with E-state index in [1.807, 2.05) is 6.92 Å². The molecule has 6 heavy (non-hydrogen) atoms. The van der Waals surface area contributed by atoms with Gasteiger partial charge in [0.05, 0.1) is 6.61 Å². The Labute approximate surface area is 37.5 Å². The largest absolute Gasteiger partial charge is 0.391 e. The molecular formula is C4H9NO. The van der Waals surface area contributed by atoms with Crippen LogP contribution in [0, 0.1) is 0 Å². The van der Waals surface area contributed by atoms with E-state index in [0.717, 1.165) is 6.54 Å². The van der Waals surface area contributed by atoms with Crippen molar-refractivity contribution in [2.24, 2.45) is 4.99 Å². The Hall–Kier alpha value is -0.370. The van der Waals surface area contributed by atoms with Crippen LogP contribution in [0.1, 0.15) is 6.92 Å². The van der Waals surface area contributed by atoms with Crippen LogP contribution in [0.15, 0.2) is 4.99 Å². The predicted molar refractivity (Wildman–Crippen MR) is 26.1 cm³/mol. The standard InChI is InChI=1S/C4H9NO/c1-2-5-3-4-6/h3,6H,2,4H2,1H3/b5-3+. The van der Waals surface area contributed by atoms with Crippen molar-refractivity contribution < 1.29 is 5.11 Å². The van der Waals surface area contributed by atoms with Crippen LogP contribution in [0.3, 0.4) is 0 Å². The van der Waals surface area contributed by atoms with Crippen molar-refractivity contribution in [1.29, 1.82) is 0 Å². The summed E-state index contributed by atoms with van der Waals surface area (Å²) in [5, 5.41) is 8.05. The Morgan fingerprint density at radius 1 is 1.83 bits per heavy atom. The summed E-state index contributed by atoms with van der Waals surface area (Å²) in [6.45, 7) is 2.75. The summed E-state index contributed by atoms with van der Waals surface area (Å²) < 4.78 is 0. The first kappa shape index (κ1) is 5.63. The number of aliphatic hydroxyl groups is 1. The maximum absolute atomic E-state index is 8.05. The van der Waals surface area contributed by atoms with Crippen LogP contribution in [0.25, 0.3) is 0 Å².